The maximum atomic E-state index is 10.4. The second kappa shape index (κ2) is 3.99. The summed E-state index contributed by atoms with van der Waals surface area (Å²) in [5, 5.41) is 21.4. The first-order chi connectivity index (χ1) is 6.13. The van der Waals surface area contributed by atoms with Gasteiger partial charge < -0.3 is 5.21 Å². The molecule has 0 fully saturated rings. The zero-order valence-corrected chi connectivity index (χ0v) is 7.93. The van der Waals surface area contributed by atoms with Gasteiger partial charge in [0.25, 0.3) is 5.69 Å². The minimum Gasteiger partial charge on any atom is -0.411 e. The number of hydrogen-bond donors (Lipinski definition) is 1. The predicted octanol–water partition coefficient (Wildman–Crippen LogP) is 2.17. The van der Waals surface area contributed by atoms with Crippen LogP contribution in [-0.4, -0.2) is 16.3 Å². The van der Waals surface area contributed by atoms with Gasteiger partial charge in [0.15, 0.2) is 0 Å². The molecule has 0 aliphatic heterocycles. The Morgan fingerprint density at radius 3 is 2.77 bits per heavy atom. The van der Waals surface area contributed by atoms with Crippen LogP contribution >= 0.6 is 15.9 Å². The molecular weight excluding hydrogens is 240 g/mol. The van der Waals surface area contributed by atoms with Crippen molar-refractivity contribution in [3.05, 3.63) is 38.3 Å². The van der Waals surface area contributed by atoms with E-state index in [1.54, 1.807) is 6.07 Å². The van der Waals surface area contributed by atoms with Gasteiger partial charge in [0.1, 0.15) is 0 Å². The molecule has 1 N–H and O–H groups in total. The summed E-state index contributed by atoms with van der Waals surface area (Å²) < 4.78 is 0.566. The molecule has 0 aliphatic rings. The number of nitro groups is 1. The van der Waals surface area contributed by atoms with Crippen molar-refractivity contribution in [1.29, 1.82) is 0 Å². The van der Waals surface area contributed by atoms with E-state index < -0.39 is 4.92 Å². The Bertz CT molecular complexity index is 365. The van der Waals surface area contributed by atoms with E-state index in [1.807, 2.05) is 0 Å². The molecule has 68 valence electrons. The molecule has 13 heavy (non-hydrogen) atoms. The molecule has 0 atom stereocenters. The molecule has 5 nitrogen and oxygen atoms in total. The fraction of sp³-hybridized carbons (Fsp3) is 0. The lowest BCUT2D eigenvalue weighted by Crippen LogP contribution is -1.90. The van der Waals surface area contributed by atoms with E-state index in [-0.39, 0.29) is 5.69 Å². The lowest BCUT2D eigenvalue weighted by atomic mass is 10.2. The zero-order chi connectivity index (χ0) is 9.84. The zero-order valence-electron chi connectivity index (χ0n) is 6.35. The monoisotopic (exact) mass is 244 g/mol. The molecule has 0 amide bonds. The summed E-state index contributed by atoms with van der Waals surface area (Å²) in [6.07, 6.45) is 1.12. The van der Waals surface area contributed by atoms with E-state index in [1.165, 1.54) is 12.1 Å². The summed E-state index contributed by atoms with van der Waals surface area (Å²) in [6.45, 7) is 0. The molecular formula is C7H5BrN2O3. The van der Waals surface area contributed by atoms with E-state index in [9.17, 15) is 10.1 Å². The molecule has 1 rings (SSSR count). The molecule has 0 saturated heterocycles. The Labute approximate surface area is 82.0 Å². The molecule has 1 aromatic carbocycles. The standard InChI is InChI=1S/C7H5BrN2O3/c8-6-1-5(4-9-11)2-7(3-6)10(12)13/h1-4,11H/b9-4-. The number of oxime groups is 1. The van der Waals surface area contributed by atoms with Gasteiger partial charge in [-0.1, -0.05) is 21.1 Å². The van der Waals surface area contributed by atoms with Gasteiger partial charge in [0, 0.05) is 22.2 Å². The SMILES string of the molecule is O=[N+]([O-])c1cc(Br)cc(/C=N\O)c1. The van der Waals surface area contributed by atoms with Gasteiger partial charge in [-0.2, -0.15) is 0 Å². The summed E-state index contributed by atoms with van der Waals surface area (Å²) in [7, 11) is 0. The van der Waals surface area contributed by atoms with Gasteiger partial charge in [0.05, 0.1) is 11.1 Å². The third kappa shape index (κ3) is 2.51. The van der Waals surface area contributed by atoms with Crippen molar-refractivity contribution in [1.82, 2.24) is 0 Å². The largest absolute Gasteiger partial charge is 0.411 e. The van der Waals surface area contributed by atoms with Crippen molar-refractivity contribution in [2.75, 3.05) is 0 Å². The van der Waals surface area contributed by atoms with Gasteiger partial charge >= 0.3 is 0 Å². The van der Waals surface area contributed by atoms with Gasteiger partial charge in [-0.3, -0.25) is 10.1 Å². The fourth-order valence-corrected chi connectivity index (χ4v) is 1.34. The van der Waals surface area contributed by atoms with Crippen LogP contribution in [-0.2, 0) is 0 Å². The first-order valence-electron chi connectivity index (χ1n) is 3.26. The minimum atomic E-state index is -0.514. The molecule has 0 heterocycles. The van der Waals surface area contributed by atoms with E-state index in [2.05, 4.69) is 21.1 Å². The number of nitro benzene ring substituents is 1. The summed E-state index contributed by atoms with van der Waals surface area (Å²) in [5.74, 6) is 0. The molecule has 6 heteroatoms. The molecule has 0 spiro atoms. The van der Waals surface area contributed by atoms with Crippen LogP contribution in [0.15, 0.2) is 27.8 Å². The van der Waals surface area contributed by atoms with Crippen LogP contribution in [0.4, 0.5) is 5.69 Å². The summed E-state index contributed by atoms with van der Waals surface area (Å²) in [5.41, 5.74) is 0.410. The Morgan fingerprint density at radius 1 is 1.54 bits per heavy atom. The molecule has 0 radical (unpaired) electrons. The van der Waals surface area contributed by atoms with E-state index >= 15 is 0 Å². The molecule has 0 saturated carbocycles. The summed E-state index contributed by atoms with van der Waals surface area (Å²) >= 11 is 3.10. The number of benzene rings is 1. The van der Waals surface area contributed by atoms with Crippen LogP contribution in [0.1, 0.15) is 5.56 Å². The highest BCUT2D eigenvalue weighted by Crippen LogP contribution is 2.20. The Kier molecular flexibility index (Phi) is 2.97. The van der Waals surface area contributed by atoms with Crippen LogP contribution in [0.2, 0.25) is 0 Å². The van der Waals surface area contributed by atoms with E-state index in [0.29, 0.717) is 10.0 Å². The van der Waals surface area contributed by atoms with Gasteiger partial charge in [-0.15, -0.1) is 0 Å². The fourth-order valence-electron chi connectivity index (χ4n) is 0.843. The lowest BCUT2D eigenvalue weighted by Gasteiger charge is -1.95. The normalized spacial score (nSPS) is 10.5. The molecule has 0 bridgehead atoms. The van der Waals surface area contributed by atoms with Crippen molar-refractivity contribution in [2.24, 2.45) is 5.16 Å². The first kappa shape index (κ1) is 9.66. The maximum absolute atomic E-state index is 10.4. The molecule has 1 aromatic rings. The van der Waals surface area contributed by atoms with Gasteiger partial charge in [0.2, 0.25) is 0 Å². The number of rotatable bonds is 2. The third-order valence-electron chi connectivity index (χ3n) is 1.32. The quantitative estimate of drug-likeness (QED) is 0.375. The molecule has 0 aliphatic carbocycles. The van der Waals surface area contributed by atoms with Crippen molar-refractivity contribution in [2.45, 2.75) is 0 Å². The highest BCUT2D eigenvalue weighted by atomic mass is 79.9. The first-order valence-corrected chi connectivity index (χ1v) is 4.05. The number of hydrogen-bond acceptors (Lipinski definition) is 4. The van der Waals surface area contributed by atoms with Crippen molar-refractivity contribution < 1.29 is 10.1 Å². The van der Waals surface area contributed by atoms with Crippen LogP contribution < -0.4 is 0 Å². The molecule has 0 aromatic heterocycles. The third-order valence-corrected chi connectivity index (χ3v) is 1.78. The van der Waals surface area contributed by atoms with Crippen molar-refractivity contribution in [3.8, 4) is 0 Å². The lowest BCUT2D eigenvalue weighted by molar-refractivity contribution is -0.384. The summed E-state index contributed by atoms with van der Waals surface area (Å²) in [6, 6.07) is 4.28. The maximum Gasteiger partial charge on any atom is 0.271 e. The summed E-state index contributed by atoms with van der Waals surface area (Å²) in [4.78, 5) is 9.87. The average molecular weight is 245 g/mol. The van der Waals surface area contributed by atoms with Crippen LogP contribution in [0.3, 0.4) is 0 Å². The van der Waals surface area contributed by atoms with Crippen LogP contribution in [0, 0.1) is 10.1 Å². The topological polar surface area (TPSA) is 75.7 Å². The van der Waals surface area contributed by atoms with E-state index in [4.69, 9.17) is 5.21 Å². The highest BCUT2D eigenvalue weighted by molar-refractivity contribution is 9.10. The number of non-ortho nitro benzene ring substituents is 1. The Balaban J connectivity index is 3.18. The smallest absolute Gasteiger partial charge is 0.271 e. The van der Waals surface area contributed by atoms with Crippen LogP contribution in [0.25, 0.3) is 0 Å². The van der Waals surface area contributed by atoms with Crippen molar-refractivity contribution in [3.63, 3.8) is 0 Å². The Hall–Kier alpha value is -1.43. The van der Waals surface area contributed by atoms with Gasteiger partial charge in [-0.05, 0) is 6.07 Å². The Morgan fingerprint density at radius 2 is 2.23 bits per heavy atom. The minimum absolute atomic E-state index is 0.0516. The predicted molar refractivity (Wildman–Crippen MR) is 50.2 cm³/mol. The van der Waals surface area contributed by atoms with Crippen molar-refractivity contribution >= 4 is 27.8 Å². The number of nitrogens with zero attached hydrogens (tertiary/aromatic N) is 2. The van der Waals surface area contributed by atoms with E-state index in [0.717, 1.165) is 6.21 Å². The highest BCUT2D eigenvalue weighted by Gasteiger charge is 2.07. The average Bonchev–Trinajstić information content (AvgIpc) is 2.03. The van der Waals surface area contributed by atoms with Crippen LogP contribution in [0.5, 0.6) is 0 Å². The second-order valence-electron chi connectivity index (χ2n) is 2.24. The number of halogens is 1. The second-order valence-corrected chi connectivity index (χ2v) is 3.16. The van der Waals surface area contributed by atoms with Gasteiger partial charge in [-0.25, -0.2) is 0 Å². The molecule has 0 unspecified atom stereocenters.